The highest BCUT2D eigenvalue weighted by Gasteiger charge is 2.69. The molecule has 4 spiro atoms. The molecule has 9 aliphatic rings. The summed E-state index contributed by atoms with van der Waals surface area (Å²) in [5, 5.41) is 137. The van der Waals surface area contributed by atoms with Crippen molar-refractivity contribution < 1.29 is 99.4 Å². The molecule has 0 aromatic carbocycles. The van der Waals surface area contributed by atoms with Crippen molar-refractivity contribution in [3.05, 3.63) is 119 Å². The third kappa shape index (κ3) is 10.2. The second-order valence-electron chi connectivity index (χ2n) is 26.4. The fourth-order valence-corrected chi connectivity index (χ4v) is 15.7. The molecule has 85 heavy (non-hydrogen) atoms. The summed E-state index contributed by atoms with van der Waals surface area (Å²) < 4.78 is 25.1. The zero-order valence-electron chi connectivity index (χ0n) is 49.7. The van der Waals surface area contributed by atoms with Gasteiger partial charge in [0.25, 0.3) is 0 Å². The Hall–Kier alpha value is -4.56. The molecule has 8 bridgehead atoms. The van der Waals surface area contributed by atoms with Crippen LogP contribution < -0.4 is 0 Å². The second-order valence-corrected chi connectivity index (χ2v) is 26.4. The summed E-state index contributed by atoms with van der Waals surface area (Å²) in [6.45, 7) is 13.3. The van der Waals surface area contributed by atoms with E-state index in [9.17, 15) is 66.1 Å². The van der Waals surface area contributed by atoms with Crippen LogP contribution in [0.25, 0.3) is 0 Å². The molecule has 24 atom stereocenters. The van der Waals surface area contributed by atoms with E-state index in [1.165, 1.54) is 62.5 Å². The van der Waals surface area contributed by atoms with Crippen molar-refractivity contribution in [1.82, 2.24) is 0 Å². The molecule has 0 aromatic rings. The lowest BCUT2D eigenvalue weighted by Gasteiger charge is -2.47. The summed E-state index contributed by atoms with van der Waals surface area (Å²) >= 11 is 0. The van der Waals surface area contributed by atoms with Crippen molar-refractivity contribution in [2.75, 3.05) is 26.4 Å². The molecular weight excluding hydrogens is 1100 g/mol. The Balaban J connectivity index is 1.17. The van der Waals surface area contributed by atoms with Crippen molar-refractivity contribution in [1.29, 1.82) is 0 Å². The molecule has 0 amide bonds. The topological polar surface area (TPSA) is 348 Å². The van der Waals surface area contributed by atoms with Crippen LogP contribution in [0, 0.1) is 69.5 Å². The highest BCUT2D eigenvalue weighted by atomic mass is 16.6. The maximum absolute atomic E-state index is 15.2. The van der Waals surface area contributed by atoms with E-state index < -0.39 is 184 Å². The third-order valence-corrected chi connectivity index (χ3v) is 21.1. The first-order valence-corrected chi connectivity index (χ1v) is 29.6. The standard InChI is InChI=1S/C65H86O20/c1-32-12-10-14-42-20-38(28-66)34(3)21-62(42)51(74)45(55(78)82-62)43(70)15-18-60(8)26-40(30-68)37(6)24-65(60)54(77)48(58(81)85-65)50(73)33(2)13-11-17-59(7)25-39(29-67)35(4)22-63(59)52(75)46(56(79)83-63)44(71)16-19-61(9)27-41(31-69)36(5)23-64(61)53(76)47(49(32)72)57(80)84-64/h10-20,25-27,34-37,42-50,55-58,66-73,78-81H,21-24,28-31H2,1-9H3/b14-10+,17-11+,18-15+,19-16+,32-12+,33-13+. The number of Topliss-reactive ketones (excluding diaryl/α,β-unsaturated/α-hetero) is 4. The summed E-state index contributed by atoms with van der Waals surface area (Å²) in [6.07, 6.45) is 6.01. The van der Waals surface area contributed by atoms with Crippen molar-refractivity contribution in [3.63, 3.8) is 0 Å². The second kappa shape index (κ2) is 23.4. The van der Waals surface area contributed by atoms with Crippen LogP contribution in [-0.2, 0) is 38.1 Å². The Morgan fingerprint density at radius 3 is 1.19 bits per heavy atom. The van der Waals surface area contributed by atoms with Crippen LogP contribution in [-0.4, -0.2) is 183 Å². The summed E-state index contributed by atoms with van der Waals surface area (Å²) in [5.74, 6) is -12.1. The zero-order valence-corrected chi connectivity index (χ0v) is 49.7. The zero-order chi connectivity index (χ0) is 62.5. The molecule has 20 nitrogen and oxygen atoms in total. The van der Waals surface area contributed by atoms with Crippen molar-refractivity contribution in [2.24, 2.45) is 69.5 Å². The Kier molecular flexibility index (Phi) is 17.9. The van der Waals surface area contributed by atoms with E-state index in [0.29, 0.717) is 22.3 Å². The van der Waals surface area contributed by atoms with Gasteiger partial charge in [-0.2, -0.15) is 0 Å². The molecule has 24 unspecified atom stereocenters. The third-order valence-electron chi connectivity index (χ3n) is 21.1. The molecule has 0 aromatic heterocycles. The van der Waals surface area contributed by atoms with Gasteiger partial charge in [0, 0.05) is 22.2 Å². The van der Waals surface area contributed by atoms with Crippen LogP contribution in [0.3, 0.4) is 0 Å². The van der Waals surface area contributed by atoms with Gasteiger partial charge in [0.05, 0.1) is 50.8 Å². The van der Waals surface area contributed by atoms with Crippen LogP contribution in [0.2, 0.25) is 0 Å². The average Bonchev–Trinajstić information content (AvgIpc) is 1.67. The van der Waals surface area contributed by atoms with Crippen LogP contribution in [0.1, 0.15) is 88.0 Å². The number of allylic oxidation sites excluding steroid dienone is 4. The van der Waals surface area contributed by atoms with Gasteiger partial charge in [-0.1, -0.05) is 113 Å². The fourth-order valence-electron chi connectivity index (χ4n) is 15.7. The molecule has 466 valence electrons. The van der Waals surface area contributed by atoms with Gasteiger partial charge < -0.3 is 80.2 Å². The molecule has 4 saturated heterocycles. The number of fused-ring (bicyclic) bond motifs is 4. The SMILES string of the molecule is C/C1=C\C=C\C2(C)C=C(CO)C(C)CC23OC(O)C(C3=O)C(O)/C=C/C2(C)C=C(CO)C(C)CC23OC(O)C(C3=O)C(O)/C(C)=C/C=C/C2C=C(CO)C(C)CC23OC(O)C(C3=O)C(O)/C=C/C2(C)C=C(CO)C(C)CC23OC(O)C(C3=O)C1O. The normalized spacial score (nSPS) is 50.7. The molecule has 4 fully saturated rings. The van der Waals surface area contributed by atoms with Gasteiger partial charge in [0.1, 0.15) is 46.1 Å². The van der Waals surface area contributed by atoms with Gasteiger partial charge in [-0.3, -0.25) is 19.2 Å². The van der Waals surface area contributed by atoms with Gasteiger partial charge in [-0.25, -0.2) is 0 Å². The smallest absolute Gasteiger partial charge is 0.177 e. The molecule has 5 aliphatic carbocycles. The van der Waals surface area contributed by atoms with Gasteiger partial charge in [0.15, 0.2) is 48.3 Å². The summed E-state index contributed by atoms with van der Waals surface area (Å²) in [6, 6.07) is 0. The summed E-state index contributed by atoms with van der Waals surface area (Å²) in [5.41, 5.74) is -9.76. The van der Waals surface area contributed by atoms with Crippen molar-refractivity contribution in [2.45, 2.75) is 160 Å². The Labute approximate surface area is 495 Å². The minimum Gasteiger partial charge on any atom is -0.392 e. The average molecular weight is 1190 g/mol. The largest absolute Gasteiger partial charge is 0.392 e. The van der Waals surface area contributed by atoms with E-state index in [2.05, 4.69) is 0 Å². The van der Waals surface area contributed by atoms with E-state index in [1.54, 1.807) is 84.9 Å². The number of hydrogen-bond acceptors (Lipinski definition) is 20. The first-order valence-electron chi connectivity index (χ1n) is 29.6. The molecule has 20 heteroatoms. The highest BCUT2D eigenvalue weighted by Crippen LogP contribution is 2.59. The van der Waals surface area contributed by atoms with Crippen LogP contribution in [0.4, 0.5) is 0 Å². The van der Waals surface area contributed by atoms with E-state index in [-0.39, 0.29) is 43.4 Å². The highest BCUT2D eigenvalue weighted by molar-refractivity contribution is 5.97. The maximum atomic E-state index is 15.2. The van der Waals surface area contributed by atoms with Crippen LogP contribution in [0.5, 0.6) is 0 Å². The Morgan fingerprint density at radius 2 is 0.776 bits per heavy atom. The fraction of sp³-hybridized carbons (Fsp3) is 0.631. The molecule has 0 radical (unpaired) electrons. The number of rotatable bonds is 4. The minimum atomic E-state index is -1.93. The number of aliphatic hydroxyl groups excluding tert-OH is 12. The summed E-state index contributed by atoms with van der Waals surface area (Å²) in [4.78, 5) is 60.4. The van der Waals surface area contributed by atoms with Gasteiger partial charge in [0.2, 0.25) is 0 Å². The number of hydrogen-bond donors (Lipinski definition) is 12. The molecule has 4 aliphatic heterocycles. The number of ketones is 4. The van der Waals surface area contributed by atoms with Gasteiger partial charge in [-0.15, -0.1) is 0 Å². The molecule has 12 N–H and O–H groups in total. The molecular formula is C65H86O20. The lowest BCUT2D eigenvalue weighted by molar-refractivity contribution is -0.186. The summed E-state index contributed by atoms with van der Waals surface area (Å²) in [7, 11) is 0. The number of ether oxygens (including phenoxy) is 4. The molecule has 0 saturated carbocycles. The number of aliphatic hydroxyl groups is 12. The van der Waals surface area contributed by atoms with Crippen molar-refractivity contribution in [3.8, 4) is 0 Å². The van der Waals surface area contributed by atoms with Crippen LogP contribution in [0.15, 0.2) is 119 Å². The molecule has 4 heterocycles. The van der Waals surface area contributed by atoms with E-state index in [1.807, 2.05) is 0 Å². The first kappa shape index (κ1) is 64.9. The lowest BCUT2D eigenvalue weighted by atomic mass is 9.59. The van der Waals surface area contributed by atoms with Crippen molar-refractivity contribution >= 4 is 23.1 Å². The van der Waals surface area contributed by atoms with E-state index in [4.69, 9.17) is 18.9 Å². The van der Waals surface area contributed by atoms with E-state index in [0.717, 1.165) is 0 Å². The quantitative estimate of drug-likeness (QED) is 0.179. The Bertz CT molecular complexity index is 3000. The lowest BCUT2D eigenvalue weighted by Crippen LogP contribution is -2.55. The predicted molar refractivity (Wildman–Crippen MR) is 305 cm³/mol. The minimum absolute atomic E-state index is 0.0405. The molecule has 9 rings (SSSR count). The van der Waals surface area contributed by atoms with Gasteiger partial charge in [-0.05, 0) is 117 Å². The number of carbonyl (C=O) groups is 4. The Morgan fingerprint density at radius 1 is 0.435 bits per heavy atom. The van der Waals surface area contributed by atoms with Crippen LogP contribution >= 0.6 is 0 Å². The maximum Gasteiger partial charge on any atom is 0.177 e. The number of carbonyl (C=O) groups excluding carboxylic acids is 4. The van der Waals surface area contributed by atoms with Gasteiger partial charge >= 0.3 is 0 Å². The first-order chi connectivity index (χ1) is 39.8. The van der Waals surface area contributed by atoms with E-state index >= 15 is 14.4 Å². The predicted octanol–water partition coefficient (Wildman–Crippen LogP) is 2.12. The monoisotopic (exact) mass is 1190 g/mol.